The van der Waals surface area contributed by atoms with E-state index in [4.69, 9.17) is 9.47 Å². The van der Waals surface area contributed by atoms with Gasteiger partial charge in [-0.15, -0.1) is 10.2 Å². The first-order chi connectivity index (χ1) is 18.0. The maximum atomic E-state index is 13.6. The maximum absolute atomic E-state index is 13.6. The lowest BCUT2D eigenvalue weighted by Crippen LogP contribution is -2.51. The van der Waals surface area contributed by atoms with Gasteiger partial charge < -0.3 is 19.7 Å². The van der Waals surface area contributed by atoms with E-state index in [1.54, 1.807) is 37.3 Å². The van der Waals surface area contributed by atoms with E-state index in [0.717, 1.165) is 31.2 Å². The summed E-state index contributed by atoms with van der Waals surface area (Å²) in [7, 11) is 3.12. The van der Waals surface area contributed by atoms with Gasteiger partial charge in [-0.1, -0.05) is 50.1 Å². The fourth-order valence-corrected chi connectivity index (χ4v) is 4.68. The molecule has 3 aromatic rings. The zero-order valence-corrected chi connectivity index (χ0v) is 21.6. The first-order valence-corrected chi connectivity index (χ1v) is 12.7. The van der Waals surface area contributed by atoms with Crippen LogP contribution in [0.25, 0.3) is 11.4 Å². The van der Waals surface area contributed by atoms with Crippen LogP contribution in [0, 0.1) is 0 Å². The summed E-state index contributed by atoms with van der Waals surface area (Å²) in [5.41, 5.74) is 1.63. The SMILES string of the molecule is CC[C@@H](C(=O)NC1CCCC1)N(Cc1ccccc1)C(=O)Cn1nnc(-c2ccc(OC)c(OC)c2)n1. The lowest BCUT2D eigenvalue weighted by molar-refractivity contribution is -0.142. The molecule has 4 rings (SSSR count). The number of aromatic nitrogens is 4. The van der Waals surface area contributed by atoms with Crippen LogP contribution in [0.2, 0.25) is 0 Å². The number of nitrogens with one attached hydrogen (secondary N) is 1. The van der Waals surface area contributed by atoms with Crippen molar-refractivity contribution < 1.29 is 19.1 Å². The summed E-state index contributed by atoms with van der Waals surface area (Å²) in [6.45, 7) is 2.10. The van der Waals surface area contributed by atoms with Crippen LogP contribution >= 0.6 is 0 Å². The molecule has 1 aromatic heterocycles. The van der Waals surface area contributed by atoms with E-state index in [-0.39, 0.29) is 24.4 Å². The van der Waals surface area contributed by atoms with Gasteiger partial charge in [-0.2, -0.15) is 4.80 Å². The number of nitrogens with zero attached hydrogens (tertiary/aromatic N) is 5. The molecule has 1 heterocycles. The molecule has 1 N–H and O–H groups in total. The number of methoxy groups -OCH3 is 2. The lowest BCUT2D eigenvalue weighted by atomic mass is 10.1. The molecule has 196 valence electrons. The van der Waals surface area contributed by atoms with E-state index in [1.165, 1.54) is 4.80 Å². The molecule has 37 heavy (non-hydrogen) atoms. The number of carbonyl (C=O) groups is 2. The molecule has 0 saturated heterocycles. The molecule has 1 saturated carbocycles. The third kappa shape index (κ3) is 6.44. The van der Waals surface area contributed by atoms with Gasteiger partial charge in [-0.25, -0.2) is 0 Å². The predicted molar refractivity (Wildman–Crippen MR) is 138 cm³/mol. The van der Waals surface area contributed by atoms with Gasteiger partial charge in [0.15, 0.2) is 11.5 Å². The highest BCUT2D eigenvalue weighted by atomic mass is 16.5. The Morgan fingerprint density at radius 2 is 1.81 bits per heavy atom. The molecule has 0 radical (unpaired) electrons. The number of rotatable bonds is 11. The highest BCUT2D eigenvalue weighted by molar-refractivity contribution is 5.87. The highest BCUT2D eigenvalue weighted by Crippen LogP contribution is 2.30. The van der Waals surface area contributed by atoms with Gasteiger partial charge in [0, 0.05) is 18.2 Å². The van der Waals surface area contributed by atoms with Gasteiger partial charge in [-0.3, -0.25) is 9.59 Å². The third-order valence-electron chi connectivity index (χ3n) is 6.65. The Balaban J connectivity index is 1.53. The monoisotopic (exact) mass is 506 g/mol. The van der Waals surface area contributed by atoms with Crippen LogP contribution in [0.1, 0.15) is 44.6 Å². The molecule has 10 heteroatoms. The number of hydrogen-bond donors (Lipinski definition) is 1. The van der Waals surface area contributed by atoms with Crippen molar-refractivity contribution >= 4 is 11.8 Å². The molecule has 2 amide bonds. The molecule has 0 aliphatic heterocycles. The molecule has 0 unspecified atom stereocenters. The summed E-state index contributed by atoms with van der Waals surface area (Å²) in [5, 5.41) is 15.8. The van der Waals surface area contributed by atoms with Gasteiger partial charge >= 0.3 is 0 Å². The number of benzene rings is 2. The zero-order valence-electron chi connectivity index (χ0n) is 21.6. The smallest absolute Gasteiger partial charge is 0.247 e. The van der Waals surface area contributed by atoms with E-state index in [2.05, 4.69) is 20.7 Å². The molecule has 2 aromatic carbocycles. The molecule has 1 fully saturated rings. The number of amides is 2. The summed E-state index contributed by atoms with van der Waals surface area (Å²) >= 11 is 0. The third-order valence-corrected chi connectivity index (χ3v) is 6.65. The lowest BCUT2D eigenvalue weighted by Gasteiger charge is -2.31. The molecule has 1 aliphatic rings. The molecule has 0 bridgehead atoms. The fraction of sp³-hybridized carbons (Fsp3) is 0.444. The number of tetrazole rings is 1. The Morgan fingerprint density at radius 1 is 1.08 bits per heavy atom. The topological polar surface area (TPSA) is 111 Å². The van der Waals surface area contributed by atoms with E-state index in [0.29, 0.717) is 35.9 Å². The van der Waals surface area contributed by atoms with Crippen molar-refractivity contribution in [2.24, 2.45) is 0 Å². The first kappa shape index (κ1) is 26.1. The average molecular weight is 507 g/mol. The Kier molecular flexibility index (Phi) is 8.71. The Morgan fingerprint density at radius 3 is 2.49 bits per heavy atom. The van der Waals surface area contributed by atoms with E-state index >= 15 is 0 Å². The van der Waals surface area contributed by atoms with Crippen LogP contribution in [0.4, 0.5) is 0 Å². The fourth-order valence-electron chi connectivity index (χ4n) is 4.68. The summed E-state index contributed by atoms with van der Waals surface area (Å²) in [5.74, 6) is 1.12. The van der Waals surface area contributed by atoms with Crippen LogP contribution in [0.3, 0.4) is 0 Å². The van der Waals surface area contributed by atoms with E-state index in [9.17, 15) is 9.59 Å². The van der Waals surface area contributed by atoms with E-state index < -0.39 is 6.04 Å². The minimum Gasteiger partial charge on any atom is -0.493 e. The minimum atomic E-state index is -0.595. The molecule has 1 aliphatic carbocycles. The van der Waals surface area contributed by atoms with Crippen molar-refractivity contribution in [1.29, 1.82) is 0 Å². The van der Waals surface area contributed by atoms with Crippen LogP contribution in [0.15, 0.2) is 48.5 Å². The van der Waals surface area contributed by atoms with Crippen molar-refractivity contribution in [3.8, 4) is 22.9 Å². The van der Waals surface area contributed by atoms with Gasteiger partial charge in [-0.05, 0) is 48.2 Å². The maximum Gasteiger partial charge on any atom is 0.247 e. The Bertz CT molecular complexity index is 1190. The number of ether oxygens (including phenoxy) is 2. The van der Waals surface area contributed by atoms with Gasteiger partial charge in [0.2, 0.25) is 17.6 Å². The first-order valence-electron chi connectivity index (χ1n) is 12.7. The van der Waals surface area contributed by atoms with Crippen molar-refractivity contribution in [2.45, 2.75) is 64.2 Å². The van der Waals surface area contributed by atoms with Gasteiger partial charge in [0.05, 0.1) is 14.2 Å². The summed E-state index contributed by atoms with van der Waals surface area (Å²) in [6, 6.07) is 14.6. The van der Waals surface area contributed by atoms with Crippen LogP contribution in [-0.4, -0.2) is 63.2 Å². The van der Waals surface area contributed by atoms with Crippen molar-refractivity contribution in [3.63, 3.8) is 0 Å². The highest BCUT2D eigenvalue weighted by Gasteiger charge is 2.31. The minimum absolute atomic E-state index is 0.115. The molecule has 1 atom stereocenters. The standard InChI is InChI=1S/C27H34N6O4/c1-4-22(27(35)28-21-12-8-9-13-21)32(17-19-10-6-5-7-11-19)25(34)18-33-30-26(29-31-33)20-14-15-23(36-2)24(16-20)37-3/h5-7,10-11,14-16,21-22H,4,8-9,12-13,17-18H2,1-3H3,(H,28,35)/t22-/m0/s1. The summed E-state index contributed by atoms with van der Waals surface area (Å²) in [4.78, 5) is 29.7. The summed E-state index contributed by atoms with van der Waals surface area (Å²) < 4.78 is 10.6. The second kappa shape index (κ2) is 12.3. The van der Waals surface area contributed by atoms with Crippen LogP contribution in [0.5, 0.6) is 11.5 Å². The second-order valence-corrected chi connectivity index (χ2v) is 9.13. The Hall–Kier alpha value is -3.95. The van der Waals surface area contributed by atoms with Crippen molar-refractivity contribution in [3.05, 3.63) is 54.1 Å². The number of carbonyl (C=O) groups excluding carboxylic acids is 2. The van der Waals surface area contributed by atoms with Gasteiger partial charge in [0.1, 0.15) is 12.6 Å². The largest absolute Gasteiger partial charge is 0.493 e. The molecular weight excluding hydrogens is 472 g/mol. The predicted octanol–water partition coefficient (Wildman–Crippen LogP) is 3.22. The van der Waals surface area contributed by atoms with Crippen LogP contribution < -0.4 is 14.8 Å². The molecular formula is C27H34N6O4. The van der Waals surface area contributed by atoms with Crippen LogP contribution in [-0.2, 0) is 22.7 Å². The zero-order chi connectivity index (χ0) is 26.2. The Labute approximate surface area is 216 Å². The van der Waals surface area contributed by atoms with Crippen molar-refractivity contribution in [1.82, 2.24) is 30.4 Å². The molecule has 0 spiro atoms. The van der Waals surface area contributed by atoms with E-state index in [1.807, 2.05) is 37.3 Å². The number of hydrogen-bond acceptors (Lipinski definition) is 7. The summed E-state index contributed by atoms with van der Waals surface area (Å²) in [6.07, 6.45) is 4.70. The quantitative estimate of drug-likeness (QED) is 0.425. The van der Waals surface area contributed by atoms with Crippen molar-refractivity contribution in [2.75, 3.05) is 14.2 Å². The van der Waals surface area contributed by atoms with Gasteiger partial charge in [0.25, 0.3) is 0 Å². The normalized spacial score (nSPS) is 14.2. The second-order valence-electron chi connectivity index (χ2n) is 9.13. The molecule has 10 nitrogen and oxygen atoms in total. The average Bonchev–Trinajstić information content (AvgIpc) is 3.61.